The van der Waals surface area contributed by atoms with Gasteiger partial charge in [-0.25, -0.2) is 8.78 Å². The summed E-state index contributed by atoms with van der Waals surface area (Å²) in [5.41, 5.74) is 9.03. The van der Waals surface area contributed by atoms with Gasteiger partial charge in [0.25, 0.3) is 11.5 Å². The Labute approximate surface area is 524 Å². The summed E-state index contributed by atoms with van der Waals surface area (Å²) in [5.74, 6) is 0.531. The summed E-state index contributed by atoms with van der Waals surface area (Å²) in [4.78, 5) is 0. The number of aromatic nitrogens is 2. The number of rotatable bonds is 27. The van der Waals surface area contributed by atoms with Crippen LogP contribution in [-0.4, -0.2) is 42.0 Å². The molecule has 0 radical (unpaired) electrons. The van der Waals surface area contributed by atoms with Crippen molar-refractivity contribution in [2.75, 3.05) is 13.2 Å². The molecule has 0 aliphatic heterocycles. The first-order valence-electron chi connectivity index (χ1n) is 30.5. The van der Waals surface area contributed by atoms with Crippen LogP contribution >= 0.6 is 0 Å². The molecule has 0 unspecified atom stereocenters. The molecule has 0 fully saturated rings. The molecule has 0 saturated heterocycles. The molecule has 85 heavy (non-hydrogen) atoms. The van der Waals surface area contributed by atoms with Crippen LogP contribution in [0.4, 0.5) is 8.78 Å². The van der Waals surface area contributed by atoms with E-state index in [1.165, 1.54) is 88.5 Å². The van der Waals surface area contributed by atoms with Gasteiger partial charge in [0.15, 0.2) is 13.2 Å². The molecular formula is C76H90F2HfN2O4. The van der Waals surface area contributed by atoms with Crippen LogP contribution in [0.5, 0.6) is 23.0 Å². The first-order chi connectivity index (χ1) is 39.8. The fourth-order valence-electron chi connectivity index (χ4n) is 12.5. The number of benzene rings is 8. The molecule has 0 saturated carbocycles. The van der Waals surface area contributed by atoms with Crippen LogP contribution in [0.3, 0.4) is 0 Å². The van der Waals surface area contributed by atoms with E-state index in [0.29, 0.717) is 71.2 Å². The molecule has 0 bridgehead atoms. The van der Waals surface area contributed by atoms with E-state index < -0.39 is 11.6 Å². The van der Waals surface area contributed by atoms with Crippen molar-refractivity contribution in [2.24, 2.45) is 0 Å². The molecular weight excluding hydrogens is 1220 g/mol. The Kier molecular flexibility index (Phi) is 22.9. The number of halogens is 2. The molecule has 2 aromatic heterocycles. The fraction of sp³-hybridized carbons (Fsp3) is 0.342. The number of hydrogen-bond donors (Lipinski definition) is 2. The Balaban J connectivity index is 0.00000345. The van der Waals surface area contributed by atoms with Gasteiger partial charge in [0, 0.05) is 83.5 Å². The van der Waals surface area contributed by atoms with Crippen molar-refractivity contribution in [3.05, 3.63) is 195 Å². The van der Waals surface area contributed by atoms with Gasteiger partial charge >= 0.3 is 0 Å². The normalized spacial score (nSPS) is 11.7. The average molecular weight is 1310 g/mol. The number of hydrogen-bond acceptors (Lipinski definition) is 2. The van der Waals surface area contributed by atoms with E-state index in [-0.39, 0.29) is 63.0 Å². The van der Waals surface area contributed by atoms with Crippen molar-refractivity contribution in [2.45, 2.75) is 155 Å². The Hall–Kier alpha value is -6.71. The number of nitrogens with zero attached hydrogens (tertiary/aromatic N) is 2. The van der Waals surface area contributed by atoms with E-state index in [1.807, 2.05) is 48.5 Å². The summed E-state index contributed by atoms with van der Waals surface area (Å²) < 4.78 is 45.8. The Morgan fingerprint density at radius 3 is 1.05 bits per heavy atom. The summed E-state index contributed by atoms with van der Waals surface area (Å²) in [6.45, 7) is 14.5. The second kappa shape index (κ2) is 29.6. The molecule has 0 aliphatic carbocycles. The summed E-state index contributed by atoms with van der Waals surface area (Å²) in [7, 11) is 0. The van der Waals surface area contributed by atoms with Crippen LogP contribution in [0.1, 0.15) is 155 Å². The Bertz CT molecular complexity index is 3480. The van der Waals surface area contributed by atoms with E-state index >= 15 is 8.78 Å². The summed E-state index contributed by atoms with van der Waals surface area (Å²) in [6.07, 6.45) is 17.7. The van der Waals surface area contributed by atoms with Gasteiger partial charge < -0.3 is 43.7 Å². The van der Waals surface area contributed by atoms with Crippen LogP contribution in [-0.2, 0) is 36.7 Å². The Morgan fingerprint density at radius 1 is 0.388 bits per heavy atom. The fourth-order valence-corrected chi connectivity index (χ4v) is 12.5. The first kappa shape index (κ1) is 65.8. The summed E-state index contributed by atoms with van der Waals surface area (Å²) in [5, 5.41) is 29.7. The van der Waals surface area contributed by atoms with E-state index in [1.54, 1.807) is 12.1 Å². The maximum Gasteiger partial charge on any atom is 0.262 e. The van der Waals surface area contributed by atoms with Gasteiger partial charge in [-0.3, -0.25) is 0 Å². The smallest absolute Gasteiger partial charge is 0.262 e. The standard InChI is InChI=1S/C74H82F2N2O4.2CH3.Hf/c1-7-9-11-13-15-25-41-73(3,4)51-45-61(71(79)67(47-51)77-63-33-21-17-29-55(63)56-30-18-22-34-64(56)77)59-49-53(75)37-39-69(59)81-43-27-28-44-82-70-40-38-54(76)50-60(70)62-46-52(74(5,6)42-26-16-14-12-10-8-2)48-68(72(62)80)78-65-35-23-19-31-57(65)58-32-20-24-36-66(58)78;;;/h17-24,29-40,45-50,79-80H,7-16,25-28,41-44H2,1-6H3;2*1H3;/q;2*-1;/p+2. The topological polar surface area (TPSA) is 75.9 Å². The number of para-hydroxylation sites is 4. The van der Waals surface area contributed by atoms with Crippen molar-refractivity contribution in [3.63, 3.8) is 0 Å². The van der Waals surface area contributed by atoms with Crippen LogP contribution in [0.25, 0.3) is 77.2 Å². The van der Waals surface area contributed by atoms with Gasteiger partial charge in [0.1, 0.15) is 23.1 Å². The van der Waals surface area contributed by atoms with Crippen molar-refractivity contribution in [3.8, 4) is 56.6 Å². The SMILES string of the molecule is CCCCCCCCC(C)(C)c1cc(-c2cc(F)ccc2[OH+]CCCC[OH+]c2ccc(F)cc2-c2cc(C(C)(C)CCCCCCCC)cc(-n3c4ccccc4c4ccccc43)c2O)c(O)c(-n2c3ccccc3c3ccccc32)c1.[CH3-].[CH3-].[Hf]. The second-order valence-electron chi connectivity index (χ2n) is 24.1. The minimum absolute atomic E-state index is 0. The van der Waals surface area contributed by atoms with Gasteiger partial charge in [0.05, 0.1) is 44.6 Å². The molecule has 2 heterocycles. The zero-order valence-corrected chi connectivity index (χ0v) is 55.3. The van der Waals surface area contributed by atoms with Gasteiger partial charge in [0.2, 0.25) is 0 Å². The van der Waals surface area contributed by atoms with Gasteiger partial charge in [-0.15, -0.1) is 0 Å². The van der Waals surface area contributed by atoms with Crippen LogP contribution in [0.15, 0.2) is 158 Å². The third-order valence-corrected chi connectivity index (χ3v) is 17.3. The molecule has 9 heteroatoms. The van der Waals surface area contributed by atoms with Crippen LogP contribution in [0.2, 0.25) is 0 Å². The largest absolute Gasteiger partial charge is 0.582 e. The minimum Gasteiger partial charge on any atom is -0.582 e. The maximum atomic E-state index is 15.7. The van der Waals surface area contributed by atoms with E-state index in [2.05, 4.69) is 123 Å². The average Bonchev–Trinajstić information content (AvgIpc) is 2.12. The molecule has 10 aromatic rings. The zero-order chi connectivity index (χ0) is 57.4. The number of aromatic hydroxyl groups is 4. The van der Waals surface area contributed by atoms with Crippen molar-refractivity contribution < 1.29 is 54.3 Å². The Morgan fingerprint density at radius 2 is 0.706 bits per heavy atom. The first-order valence-corrected chi connectivity index (χ1v) is 30.5. The van der Waals surface area contributed by atoms with Crippen molar-refractivity contribution >= 4 is 43.6 Å². The number of phenolic OH excluding ortho intramolecular Hbond substituents is 2. The minimum atomic E-state index is -0.405. The van der Waals surface area contributed by atoms with Crippen molar-refractivity contribution in [1.29, 1.82) is 0 Å². The number of ether oxygens (including phenoxy) is 2. The van der Waals surface area contributed by atoms with Gasteiger partial charge in [-0.1, -0.05) is 191 Å². The molecule has 4 N–H and O–H groups in total. The number of aliphatic hydroxyl groups is 2. The van der Waals surface area contributed by atoms with E-state index in [9.17, 15) is 10.2 Å². The molecule has 0 aliphatic rings. The van der Waals surface area contributed by atoms with Crippen LogP contribution in [0, 0.1) is 26.5 Å². The summed E-state index contributed by atoms with van der Waals surface area (Å²) >= 11 is 0. The molecule has 0 spiro atoms. The monoisotopic (exact) mass is 1310 g/mol. The van der Waals surface area contributed by atoms with Crippen LogP contribution < -0.4 is 0 Å². The number of unbranched alkanes of at least 4 members (excludes halogenated alkanes) is 11. The van der Waals surface area contributed by atoms with Crippen molar-refractivity contribution in [1.82, 2.24) is 9.13 Å². The zero-order valence-electron chi connectivity index (χ0n) is 51.7. The third-order valence-electron chi connectivity index (χ3n) is 17.3. The molecule has 446 valence electrons. The molecule has 0 amide bonds. The predicted octanol–water partition coefficient (Wildman–Crippen LogP) is 21.8. The molecule has 0 atom stereocenters. The second-order valence-corrected chi connectivity index (χ2v) is 24.1. The summed E-state index contributed by atoms with van der Waals surface area (Å²) in [6, 6.07) is 50.9. The van der Waals surface area contributed by atoms with Gasteiger partial charge in [-0.2, -0.15) is 0 Å². The number of fused-ring (bicyclic) bond motifs is 6. The quantitative estimate of drug-likeness (QED) is 0.0233. The molecule has 6 nitrogen and oxygen atoms in total. The maximum absolute atomic E-state index is 15.7. The van der Waals surface area contributed by atoms with Gasteiger partial charge in [-0.05, 0) is 108 Å². The molecule has 8 aromatic carbocycles. The van der Waals surface area contributed by atoms with E-state index in [0.717, 1.165) is 80.4 Å². The molecule has 10 rings (SSSR count). The third kappa shape index (κ3) is 14.4. The predicted molar refractivity (Wildman–Crippen MR) is 353 cm³/mol. The number of phenols is 2. The van der Waals surface area contributed by atoms with E-state index in [4.69, 9.17) is 9.47 Å².